The van der Waals surface area contributed by atoms with Gasteiger partial charge in [-0.3, -0.25) is 10.9 Å². The van der Waals surface area contributed by atoms with E-state index in [0.29, 0.717) is 0 Å². The van der Waals surface area contributed by atoms with Crippen molar-refractivity contribution in [3.05, 3.63) is 35.4 Å². The highest BCUT2D eigenvalue weighted by molar-refractivity contribution is 7.99. The Morgan fingerprint density at radius 1 is 1.36 bits per heavy atom. The lowest BCUT2D eigenvalue weighted by atomic mass is 10.1. The molecule has 25 heavy (non-hydrogen) atoms. The van der Waals surface area contributed by atoms with Gasteiger partial charge >= 0.3 is 6.03 Å². The van der Waals surface area contributed by atoms with Crippen LogP contribution < -0.4 is 16.6 Å². The Kier molecular flexibility index (Phi) is 5.71. The molecule has 10 heteroatoms. The molecule has 0 radical (unpaired) electrons. The molecule has 0 atom stereocenters. The number of amides is 2. The maximum Gasteiger partial charge on any atom is 0.330 e. The largest absolute Gasteiger partial charge is 0.350 e. The van der Waals surface area contributed by atoms with Crippen molar-refractivity contribution in [1.82, 2.24) is 15.4 Å². The highest BCUT2D eigenvalue weighted by atomic mass is 32.2. The number of nitrogens with zero attached hydrogens (tertiary/aromatic N) is 3. The lowest BCUT2D eigenvalue weighted by molar-refractivity contribution is 0.250. The molecule has 0 unspecified atom stereocenters. The highest BCUT2D eigenvalue weighted by Gasteiger charge is 2.18. The van der Waals surface area contributed by atoms with Gasteiger partial charge in [-0.1, -0.05) is 17.7 Å². The number of hydrogen-bond donors (Lipinski definition) is 3. The fraction of sp³-hybridized carbons (Fsp3) is 0.0667. The number of rotatable bonds is 5. The zero-order valence-corrected chi connectivity index (χ0v) is 13.3. The van der Waals surface area contributed by atoms with Crippen molar-refractivity contribution in [3.8, 4) is 29.7 Å². The van der Waals surface area contributed by atoms with E-state index in [1.807, 2.05) is 6.07 Å². The number of carbonyl (C=O) groups excluding carboxylic acids is 1. The monoisotopic (exact) mass is 360 g/mol. The minimum absolute atomic E-state index is 0.0460. The molecule has 0 aliphatic heterocycles. The quantitative estimate of drug-likeness (QED) is 0.325. The van der Waals surface area contributed by atoms with Gasteiger partial charge in [0.15, 0.2) is 22.6 Å². The van der Waals surface area contributed by atoms with E-state index < -0.39 is 17.7 Å². The maximum absolute atomic E-state index is 13.5. The summed E-state index contributed by atoms with van der Waals surface area (Å²) in [6, 6.07) is 4.03. The lowest BCUT2D eigenvalue weighted by Gasteiger charge is -2.12. The van der Waals surface area contributed by atoms with E-state index in [2.05, 4.69) is 26.7 Å². The minimum atomic E-state index is -1.09. The van der Waals surface area contributed by atoms with Gasteiger partial charge in [0.25, 0.3) is 0 Å². The Morgan fingerprint density at radius 3 is 2.72 bits per heavy atom. The second-order valence-electron chi connectivity index (χ2n) is 4.43. The smallest absolute Gasteiger partial charge is 0.330 e. The Labute approximate surface area is 145 Å². The van der Waals surface area contributed by atoms with Gasteiger partial charge in [0.1, 0.15) is 11.6 Å². The van der Waals surface area contributed by atoms with E-state index in [9.17, 15) is 18.8 Å². The van der Waals surface area contributed by atoms with E-state index in [-0.39, 0.29) is 33.5 Å². The number of nitrogens with two attached hydrogens (primary N) is 1. The van der Waals surface area contributed by atoms with Crippen LogP contribution in [0.2, 0.25) is 0 Å². The van der Waals surface area contributed by atoms with E-state index in [0.717, 1.165) is 23.9 Å². The summed E-state index contributed by atoms with van der Waals surface area (Å²) >= 11 is 1.08. The Bertz CT molecular complexity index is 906. The van der Waals surface area contributed by atoms with Crippen LogP contribution in [0.5, 0.6) is 0 Å². The Balaban J connectivity index is 2.60. The number of carbonyl (C=O) groups is 1. The third-order valence-corrected chi connectivity index (χ3v) is 3.53. The van der Waals surface area contributed by atoms with Crippen molar-refractivity contribution in [2.75, 3.05) is 11.2 Å². The molecule has 1 aromatic heterocycles. The number of nitrogens with one attached hydrogen (secondary N) is 2. The van der Waals surface area contributed by atoms with Crippen molar-refractivity contribution < 1.29 is 13.6 Å². The standard InChI is InChI=1S/C15H10F2N6OS/c1-2-5-25-15-20-12(8-3-4-10(16)11(17)6-8)9(7-18)13(21-15)22-23-14(19)24/h1,3-4,6H,5H2,(H3,19,23,24)(H,20,21,22). The summed E-state index contributed by atoms with van der Waals surface area (Å²) in [4.78, 5) is 19.1. The van der Waals surface area contributed by atoms with Crippen LogP contribution >= 0.6 is 11.8 Å². The first-order valence-electron chi connectivity index (χ1n) is 6.61. The van der Waals surface area contributed by atoms with Gasteiger partial charge < -0.3 is 5.73 Å². The molecule has 0 saturated carbocycles. The molecule has 4 N–H and O–H groups in total. The first kappa shape index (κ1) is 18.0. The summed E-state index contributed by atoms with van der Waals surface area (Å²) in [7, 11) is 0. The van der Waals surface area contributed by atoms with Crippen LogP contribution in [0, 0.1) is 35.3 Å². The average Bonchev–Trinajstić information content (AvgIpc) is 2.59. The third kappa shape index (κ3) is 4.34. The molecule has 0 fully saturated rings. The number of halogens is 2. The van der Waals surface area contributed by atoms with E-state index in [1.165, 1.54) is 6.07 Å². The molecule has 0 spiro atoms. The number of terminal acetylenes is 1. The topological polar surface area (TPSA) is 117 Å². The molecule has 0 aliphatic rings. The second-order valence-corrected chi connectivity index (χ2v) is 5.37. The fourth-order valence-electron chi connectivity index (χ4n) is 1.78. The predicted octanol–water partition coefficient (Wildman–Crippen LogP) is 2.01. The Hall–Kier alpha value is -3.37. The molecule has 2 amide bonds. The summed E-state index contributed by atoms with van der Waals surface area (Å²) in [6.07, 6.45) is 5.20. The Morgan fingerprint density at radius 2 is 2.12 bits per heavy atom. The summed E-state index contributed by atoms with van der Waals surface area (Å²) < 4.78 is 26.7. The average molecular weight is 360 g/mol. The van der Waals surface area contributed by atoms with Crippen LogP contribution in [-0.2, 0) is 0 Å². The molecular formula is C15H10F2N6OS. The highest BCUT2D eigenvalue weighted by Crippen LogP contribution is 2.29. The van der Waals surface area contributed by atoms with Crippen molar-refractivity contribution in [1.29, 1.82) is 5.26 Å². The van der Waals surface area contributed by atoms with Crippen molar-refractivity contribution >= 4 is 23.6 Å². The first-order valence-corrected chi connectivity index (χ1v) is 7.60. The molecule has 1 aromatic carbocycles. The van der Waals surface area contributed by atoms with Gasteiger partial charge in [0.2, 0.25) is 0 Å². The maximum atomic E-state index is 13.5. The zero-order valence-electron chi connectivity index (χ0n) is 12.5. The normalized spacial score (nSPS) is 9.76. The molecular weight excluding hydrogens is 350 g/mol. The number of anilines is 1. The van der Waals surface area contributed by atoms with Crippen LogP contribution in [0.1, 0.15) is 5.56 Å². The van der Waals surface area contributed by atoms with Crippen molar-refractivity contribution in [2.24, 2.45) is 5.73 Å². The van der Waals surface area contributed by atoms with Crippen LogP contribution in [-0.4, -0.2) is 21.8 Å². The fourth-order valence-corrected chi connectivity index (χ4v) is 2.30. The molecule has 1 heterocycles. The number of hydrogen-bond acceptors (Lipinski definition) is 6. The van der Waals surface area contributed by atoms with E-state index in [1.54, 1.807) is 0 Å². The lowest BCUT2D eigenvalue weighted by Crippen LogP contribution is -2.35. The number of primary amides is 1. The summed E-state index contributed by atoms with van der Waals surface area (Å²) in [5.74, 6) is 0.441. The molecule has 7 nitrogen and oxygen atoms in total. The SMILES string of the molecule is C#CCSc1nc(NNC(N)=O)c(C#N)c(-c2ccc(F)c(F)c2)n1. The number of nitriles is 1. The van der Waals surface area contributed by atoms with E-state index >= 15 is 0 Å². The number of benzene rings is 1. The van der Waals surface area contributed by atoms with Crippen molar-refractivity contribution in [2.45, 2.75) is 5.16 Å². The third-order valence-electron chi connectivity index (χ3n) is 2.78. The van der Waals surface area contributed by atoms with Gasteiger partial charge in [-0.25, -0.2) is 23.5 Å². The number of hydrazine groups is 1. The molecule has 2 aromatic rings. The van der Waals surface area contributed by atoms with Gasteiger partial charge in [0.05, 0.1) is 11.4 Å². The molecule has 0 saturated heterocycles. The minimum Gasteiger partial charge on any atom is -0.350 e. The van der Waals surface area contributed by atoms with Crippen LogP contribution in [0.15, 0.2) is 23.4 Å². The molecule has 126 valence electrons. The van der Waals surface area contributed by atoms with Crippen molar-refractivity contribution in [3.63, 3.8) is 0 Å². The number of aromatic nitrogens is 2. The van der Waals surface area contributed by atoms with Crippen LogP contribution in [0.4, 0.5) is 19.4 Å². The van der Waals surface area contributed by atoms with Crippen LogP contribution in [0.25, 0.3) is 11.3 Å². The van der Waals surface area contributed by atoms with E-state index in [4.69, 9.17) is 12.2 Å². The summed E-state index contributed by atoms with van der Waals surface area (Å²) in [5, 5.41) is 9.57. The van der Waals surface area contributed by atoms with Gasteiger partial charge in [0, 0.05) is 5.56 Å². The van der Waals surface area contributed by atoms with Crippen LogP contribution in [0.3, 0.4) is 0 Å². The van der Waals surface area contributed by atoms with Gasteiger partial charge in [-0.15, -0.1) is 6.42 Å². The second kappa shape index (κ2) is 7.95. The van der Waals surface area contributed by atoms with Gasteiger partial charge in [-0.2, -0.15) is 5.26 Å². The summed E-state index contributed by atoms with van der Waals surface area (Å²) in [6.45, 7) is 0. The zero-order chi connectivity index (χ0) is 18.4. The predicted molar refractivity (Wildman–Crippen MR) is 88.0 cm³/mol. The summed E-state index contributed by atoms with van der Waals surface area (Å²) in [5.41, 5.74) is 9.55. The number of urea groups is 1. The first-order chi connectivity index (χ1) is 12.0. The molecule has 0 bridgehead atoms. The molecule has 2 rings (SSSR count). The van der Waals surface area contributed by atoms with Gasteiger partial charge in [-0.05, 0) is 18.2 Å². The molecule has 0 aliphatic carbocycles. The number of thioether (sulfide) groups is 1.